The monoisotopic (exact) mass is 423 g/mol. The summed E-state index contributed by atoms with van der Waals surface area (Å²) in [7, 11) is 0. The Morgan fingerprint density at radius 3 is 2.72 bits per heavy atom. The first kappa shape index (κ1) is 22.3. The van der Waals surface area contributed by atoms with Gasteiger partial charge in [0.15, 0.2) is 0 Å². The molecule has 0 bridgehead atoms. The maximum atomic E-state index is 11.3. The Labute approximate surface area is 173 Å². The van der Waals surface area contributed by atoms with Gasteiger partial charge < -0.3 is 20.5 Å². The molecule has 29 heavy (non-hydrogen) atoms. The van der Waals surface area contributed by atoms with Gasteiger partial charge in [-0.25, -0.2) is 9.78 Å². The lowest BCUT2D eigenvalue weighted by Gasteiger charge is -2.26. The number of pyridine rings is 1. The summed E-state index contributed by atoms with van der Waals surface area (Å²) in [6, 6.07) is 9.11. The normalized spacial score (nSPS) is 13.9. The van der Waals surface area contributed by atoms with Gasteiger partial charge in [-0.15, -0.1) is 12.4 Å². The van der Waals surface area contributed by atoms with Gasteiger partial charge in [-0.05, 0) is 24.3 Å². The van der Waals surface area contributed by atoms with Crippen LogP contribution in [0.15, 0.2) is 36.4 Å². The molecule has 11 heteroatoms. The summed E-state index contributed by atoms with van der Waals surface area (Å²) in [4.78, 5) is 28.4. The number of benzene rings is 1. The van der Waals surface area contributed by atoms with E-state index in [9.17, 15) is 14.9 Å². The molecule has 1 aliphatic heterocycles. The second kappa shape index (κ2) is 10.6. The van der Waals surface area contributed by atoms with Crippen LogP contribution in [0, 0.1) is 10.1 Å². The van der Waals surface area contributed by atoms with Gasteiger partial charge >= 0.3 is 11.7 Å². The lowest BCUT2D eigenvalue weighted by Crippen LogP contribution is -2.39. The van der Waals surface area contributed by atoms with Crippen LogP contribution in [0.25, 0.3) is 0 Å². The zero-order chi connectivity index (χ0) is 19.9. The largest absolute Gasteiger partial charge is 0.478 e. The average molecular weight is 424 g/mol. The van der Waals surface area contributed by atoms with Gasteiger partial charge in [-0.2, -0.15) is 0 Å². The molecule has 0 spiro atoms. The highest BCUT2D eigenvalue weighted by Gasteiger charge is 2.17. The van der Waals surface area contributed by atoms with Crippen molar-refractivity contribution < 1.29 is 19.6 Å². The summed E-state index contributed by atoms with van der Waals surface area (Å²) in [6.07, 6.45) is 0. The van der Waals surface area contributed by atoms with E-state index in [1.54, 1.807) is 12.1 Å². The number of morpholine rings is 1. The first-order valence-electron chi connectivity index (χ1n) is 8.83. The van der Waals surface area contributed by atoms with E-state index < -0.39 is 10.9 Å². The lowest BCUT2D eigenvalue weighted by molar-refractivity contribution is -0.384. The molecule has 0 amide bonds. The fourth-order valence-electron chi connectivity index (χ4n) is 2.83. The molecule has 10 nitrogen and oxygen atoms in total. The third kappa shape index (κ3) is 6.28. The predicted molar refractivity (Wildman–Crippen MR) is 111 cm³/mol. The molecule has 0 saturated carbocycles. The Hall–Kier alpha value is -2.95. The number of nitrogens with zero attached hydrogens (tertiary/aromatic N) is 3. The summed E-state index contributed by atoms with van der Waals surface area (Å²) in [6.45, 7) is 4.27. The quantitative estimate of drug-likeness (QED) is 0.433. The molecule has 156 valence electrons. The molecule has 1 aliphatic rings. The molecule has 2 heterocycles. The second-order valence-electron chi connectivity index (χ2n) is 6.21. The highest BCUT2D eigenvalue weighted by molar-refractivity contribution is 5.89. The van der Waals surface area contributed by atoms with Crippen LogP contribution in [0.1, 0.15) is 10.4 Å². The molecule has 3 rings (SSSR count). The number of rotatable bonds is 8. The van der Waals surface area contributed by atoms with Gasteiger partial charge in [-0.3, -0.25) is 15.0 Å². The number of carboxylic acids is 1. The van der Waals surface area contributed by atoms with Crippen LogP contribution in [0.3, 0.4) is 0 Å². The van der Waals surface area contributed by atoms with E-state index in [1.165, 1.54) is 24.3 Å². The smallest absolute Gasteiger partial charge is 0.335 e. The Bertz CT molecular complexity index is 860. The molecular weight excluding hydrogens is 402 g/mol. The van der Waals surface area contributed by atoms with E-state index >= 15 is 0 Å². The first-order valence-corrected chi connectivity index (χ1v) is 8.83. The van der Waals surface area contributed by atoms with Crippen LogP contribution in [0.5, 0.6) is 0 Å². The maximum Gasteiger partial charge on any atom is 0.335 e. The van der Waals surface area contributed by atoms with Crippen molar-refractivity contribution in [3.8, 4) is 0 Å². The molecule has 1 aromatic heterocycles. The highest BCUT2D eigenvalue weighted by atomic mass is 35.5. The third-order valence-corrected chi connectivity index (χ3v) is 4.28. The van der Waals surface area contributed by atoms with Gasteiger partial charge in [0, 0.05) is 37.9 Å². The number of halogens is 1. The van der Waals surface area contributed by atoms with Crippen molar-refractivity contribution in [3.05, 3.63) is 52.1 Å². The number of anilines is 3. The van der Waals surface area contributed by atoms with Gasteiger partial charge in [-0.1, -0.05) is 6.07 Å². The summed E-state index contributed by atoms with van der Waals surface area (Å²) in [5.74, 6) is -0.495. The number of carbonyl (C=O) groups is 1. The summed E-state index contributed by atoms with van der Waals surface area (Å²) in [5.41, 5.74) is 0.545. The van der Waals surface area contributed by atoms with Gasteiger partial charge in [0.1, 0.15) is 5.82 Å². The van der Waals surface area contributed by atoms with E-state index in [2.05, 4.69) is 20.5 Å². The van der Waals surface area contributed by atoms with Crippen molar-refractivity contribution >= 4 is 41.4 Å². The molecule has 0 unspecified atom stereocenters. The fourth-order valence-corrected chi connectivity index (χ4v) is 2.83. The van der Waals surface area contributed by atoms with Crippen molar-refractivity contribution in [1.29, 1.82) is 0 Å². The molecule has 0 radical (unpaired) electrons. The lowest BCUT2D eigenvalue weighted by atomic mass is 10.2. The number of carboxylic acid groups (broad SMARTS) is 1. The Morgan fingerprint density at radius 1 is 1.28 bits per heavy atom. The zero-order valence-electron chi connectivity index (χ0n) is 15.5. The highest BCUT2D eigenvalue weighted by Crippen LogP contribution is 2.25. The summed E-state index contributed by atoms with van der Waals surface area (Å²) < 4.78 is 5.30. The SMILES string of the molecule is Cl.O=C(O)c1cccc(Nc2ccc([N+](=O)[O-])c(NCCN3CCOCC3)n2)c1. The topological polar surface area (TPSA) is 130 Å². The van der Waals surface area contributed by atoms with E-state index in [1.807, 2.05) is 0 Å². The Morgan fingerprint density at radius 2 is 2.03 bits per heavy atom. The summed E-state index contributed by atoms with van der Waals surface area (Å²) in [5, 5.41) is 26.4. The van der Waals surface area contributed by atoms with Crippen molar-refractivity contribution in [2.24, 2.45) is 0 Å². The van der Waals surface area contributed by atoms with Crippen LogP contribution in [0.4, 0.5) is 23.0 Å². The fraction of sp³-hybridized carbons (Fsp3) is 0.333. The number of nitrogens with one attached hydrogen (secondary N) is 2. The van der Waals surface area contributed by atoms with Crippen LogP contribution < -0.4 is 10.6 Å². The molecule has 1 fully saturated rings. The number of hydrogen-bond acceptors (Lipinski definition) is 8. The van der Waals surface area contributed by atoms with E-state index in [4.69, 9.17) is 9.84 Å². The standard InChI is InChI=1S/C18H21N5O5.ClH/c24-18(25)13-2-1-3-14(12-13)20-16-5-4-15(23(26)27)17(21-16)19-6-7-22-8-10-28-11-9-22;/h1-5,12H,6-11H2,(H,24,25)(H2,19,20,21);1H. The van der Waals surface area contributed by atoms with Crippen LogP contribution in [-0.2, 0) is 4.74 Å². The molecule has 0 atom stereocenters. The molecule has 0 aliphatic carbocycles. The number of ether oxygens (including phenoxy) is 1. The van der Waals surface area contributed by atoms with E-state index in [0.29, 0.717) is 31.3 Å². The Balaban J connectivity index is 0.00000300. The van der Waals surface area contributed by atoms with Gasteiger partial charge in [0.25, 0.3) is 0 Å². The van der Waals surface area contributed by atoms with Crippen molar-refractivity contribution in [2.75, 3.05) is 50.0 Å². The predicted octanol–water partition coefficient (Wildman–Crippen LogP) is 2.60. The first-order chi connectivity index (χ1) is 13.5. The minimum absolute atomic E-state index is 0. The molecule has 1 aromatic carbocycles. The van der Waals surface area contributed by atoms with Crippen LogP contribution in [0.2, 0.25) is 0 Å². The molecule has 1 saturated heterocycles. The van der Waals surface area contributed by atoms with E-state index in [-0.39, 0.29) is 29.5 Å². The number of nitro groups is 1. The van der Waals surface area contributed by atoms with Crippen molar-refractivity contribution in [1.82, 2.24) is 9.88 Å². The Kier molecular flexibility index (Phi) is 8.13. The third-order valence-electron chi connectivity index (χ3n) is 4.28. The van der Waals surface area contributed by atoms with Crippen LogP contribution in [-0.4, -0.2) is 65.3 Å². The maximum absolute atomic E-state index is 11.3. The minimum atomic E-state index is -1.04. The number of aromatic carboxylic acids is 1. The zero-order valence-corrected chi connectivity index (χ0v) is 16.4. The van der Waals surface area contributed by atoms with Crippen molar-refractivity contribution in [3.63, 3.8) is 0 Å². The van der Waals surface area contributed by atoms with Crippen molar-refractivity contribution in [2.45, 2.75) is 0 Å². The molecule has 3 N–H and O–H groups in total. The van der Waals surface area contributed by atoms with Crippen LogP contribution >= 0.6 is 12.4 Å². The molecule has 2 aromatic rings. The average Bonchev–Trinajstić information content (AvgIpc) is 2.69. The van der Waals surface area contributed by atoms with Gasteiger partial charge in [0.2, 0.25) is 5.82 Å². The molecular formula is C18H22ClN5O5. The summed E-state index contributed by atoms with van der Waals surface area (Å²) >= 11 is 0. The minimum Gasteiger partial charge on any atom is -0.478 e. The second-order valence-corrected chi connectivity index (χ2v) is 6.21. The number of aromatic nitrogens is 1. The van der Waals surface area contributed by atoms with E-state index in [0.717, 1.165) is 19.6 Å². The van der Waals surface area contributed by atoms with Gasteiger partial charge in [0.05, 0.1) is 23.7 Å². The number of hydrogen-bond donors (Lipinski definition) is 3.